The second-order valence-corrected chi connectivity index (χ2v) is 6.55. The van der Waals surface area contributed by atoms with Crippen molar-refractivity contribution in [2.45, 2.75) is 10.9 Å². The van der Waals surface area contributed by atoms with Gasteiger partial charge in [0.25, 0.3) is 0 Å². The lowest BCUT2D eigenvalue weighted by atomic mass is 10.2. The van der Waals surface area contributed by atoms with E-state index in [1.54, 1.807) is 12.1 Å². The predicted molar refractivity (Wildman–Crippen MR) is 95.4 cm³/mol. The summed E-state index contributed by atoms with van der Waals surface area (Å²) in [5, 5.41) is 9.64. The van der Waals surface area contributed by atoms with Crippen LogP contribution in [0.3, 0.4) is 0 Å². The molecule has 0 bridgehead atoms. The number of nitrogens with zero attached hydrogens (tertiary/aromatic N) is 5. The molecule has 0 saturated heterocycles. The number of thioether (sulfide) groups is 1. The fraction of sp³-hybridized carbons (Fsp3) is 0.0625. The summed E-state index contributed by atoms with van der Waals surface area (Å²) in [6, 6.07) is 13.2. The standard InChI is InChI=1S/C16H13ClN6S/c17-12-6-4-11(5-7-12)15-20-21-16(23(15)18)24-10-13-9-22-8-2-1-3-14(22)19-13/h1-9H,10,18H2. The number of fused-ring (bicyclic) bond motifs is 1. The van der Waals surface area contributed by atoms with Crippen LogP contribution in [0, 0.1) is 0 Å². The van der Waals surface area contributed by atoms with Crippen molar-refractivity contribution in [1.29, 1.82) is 0 Å². The van der Waals surface area contributed by atoms with Gasteiger partial charge < -0.3 is 10.2 Å². The Balaban J connectivity index is 1.54. The molecule has 3 aromatic heterocycles. The number of imidazole rings is 1. The van der Waals surface area contributed by atoms with E-state index in [-0.39, 0.29) is 0 Å². The van der Waals surface area contributed by atoms with Gasteiger partial charge >= 0.3 is 0 Å². The Labute approximate surface area is 147 Å². The summed E-state index contributed by atoms with van der Waals surface area (Å²) in [5.74, 6) is 7.39. The third-order valence-corrected chi connectivity index (χ3v) is 4.76. The Kier molecular flexibility index (Phi) is 3.87. The van der Waals surface area contributed by atoms with Crippen LogP contribution < -0.4 is 5.84 Å². The Bertz CT molecular complexity index is 958. The highest BCUT2D eigenvalue weighted by atomic mass is 35.5. The lowest BCUT2D eigenvalue weighted by Gasteiger charge is -2.03. The summed E-state index contributed by atoms with van der Waals surface area (Å²) in [6.07, 6.45) is 3.97. The van der Waals surface area contributed by atoms with E-state index in [1.165, 1.54) is 16.4 Å². The van der Waals surface area contributed by atoms with Gasteiger partial charge in [0.1, 0.15) is 5.65 Å². The lowest BCUT2D eigenvalue weighted by molar-refractivity contribution is 0.849. The number of aromatic nitrogens is 5. The van der Waals surface area contributed by atoms with Crippen LogP contribution in [-0.4, -0.2) is 24.3 Å². The zero-order chi connectivity index (χ0) is 16.5. The highest BCUT2D eigenvalue weighted by Gasteiger charge is 2.13. The molecule has 120 valence electrons. The summed E-state index contributed by atoms with van der Waals surface area (Å²) < 4.78 is 3.48. The van der Waals surface area contributed by atoms with Crippen LogP contribution >= 0.6 is 23.4 Å². The number of pyridine rings is 1. The summed E-state index contributed by atoms with van der Waals surface area (Å²) in [6.45, 7) is 0. The summed E-state index contributed by atoms with van der Waals surface area (Å²) in [7, 11) is 0. The Morgan fingerprint density at radius 2 is 1.92 bits per heavy atom. The minimum atomic E-state index is 0.601. The molecule has 0 aliphatic rings. The highest BCUT2D eigenvalue weighted by molar-refractivity contribution is 7.98. The van der Waals surface area contributed by atoms with Gasteiger partial charge in [-0.3, -0.25) is 0 Å². The van der Waals surface area contributed by atoms with Crippen molar-refractivity contribution < 1.29 is 0 Å². The van der Waals surface area contributed by atoms with E-state index in [2.05, 4.69) is 15.2 Å². The fourth-order valence-electron chi connectivity index (χ4n) is 2.37. The summed E-state index contributed by atoms with van der Waals surface area (Å²) in [5.41, 5.74) is 2.75. The Morgan fingerprint density at radius 1 is 1.08 bits per heavy atom. The van der Waals surface area contributed by atoms with Gasteiger partial charge in [0, 0.05) is 28.7 Å². The van der Waals surface area contributed by atoms with Crippen LogP contribution in [0.5, 0.6) is 0 Å². The molecular weight excluding hydrogens is 344 g/mol. The van der Waals surface area contributed by atoms with Crippen LogP contribution in [0.2, 0.25) is 5.02 Å². The molecule has 24 heavy (non-hydrogen) atoms. The molecule has 0 fully saturated rings. The average Bonchev–Trinajstić information content (AvgIpc) is 3.17. The maximum absolute atomic E-state index is 6.12. The fourth-order valence-corrected chi connectivity index (χ4v) is 3.23. The molecule has 8 heteroatoms. The van der Waals surface area contributed by atoms with Crippen molar-refractivity contribution in [2.75, 3.05) is 5.84 Å². The topological polar surface area (TPSA) is 74.0 Å². The first kappa shape index (κ1) is 15.0. The van der Waals surface area contributed by atoms with E-state index < -0.39 is 0 Å². The van der Waals surface area contributed by atoms with Crippen molar-refractivity contribution in [3.63, 3.8) is 0 Å². The SMILES string of the molecule is Nn1c(SCc2cn3ccccc3n2)nnc1-c1ccc(Cl)cc1. The number of hydrogen-bond donors (Lipinski definition) is 1. The van der Waals surface area contributed by atoms with E-state index >= 15 is 0 Å². The van der Waals surface area contributed by atoms with Gasteiger partial charge in [-0.05, 0) is 36.4 Å². The first-order valence-corrected chi connectivity index (χ1v) is 8.59. The van der Waals surface area contributed by atoms with E-state index in [0.29, 0.717) is 21.8 Å². The molecule has 0 amide bonds. The molecular formula is C16H13ClN6S. The van der Waals surface area contributed by atoms with Gasteiger partial charge in [-0.2, -0.15) is 0 Å². The third-order valence-electron chi connectivity index (χ3n) is 3.53. The monoisotopic (exact) mass is 356 g/mol. The summed E-state index contributed by atoms with van der Waals surface area (Å²) in [4.78, 5) is 4.56. The minimum Gasteiger partial charge on any atom is -0.335 e. The average molecular weight is 357 g/mol. The van der Waals surface area contributed by atoms with E-state index in [9.17, 15) is 0 Å². The van der Waals surface area contributed by atoms with E-state index in [1.807, 2.05) is 47.1 Å². The van der Waals surface area contributed by atoms with Gasteiger partial charge in [-0.1, -0.05) is 29.4 Å². The molecule has 0 saturated carbocycles. The van der Waals surface area contributed by atoms with E-state index in [4.69, 9.17) is 17.4 Å². The first-order chi connectivity index (χ1) is 11.7. The Hall–Kier alpha value is -2.51. The molecule has 0 unspecified atom stereocenters. The van der Waals surface area contributed by atoms with Gasteiger partial charge in [-0.15, -0.1) is 10.2 Å². The third kappa shape index (κ3) is 2.83. The molecule has 6 nitrogen and oxygen atoms in total. The molecule has 0 atom stereocenters. The molecule has 0 radical (unpaired) electrons. The molecule has 0 spiro atoms. The van der Waals surface area contributed by atoms with Crippen LogP contribution in [0.15, 0.2) is 60.0 Å². The number of hydrogen-bond acceptors (Lipinski definition) is 5. The molecule has 3 heterocycles. The second kappa shape index (κ2) is 6.18. The molecule has 2 N–H and O–H groups in total. The number of nitrogens with two attached hydrogens (primary N) is 1. The minimum absolute atomic E-state index is 0.601. The van der Waals surface area contributed by atoms with Gasteiger partial charge in [0.05, 0.1) is 5.69 Å². The van der Waals surface area contributed by atoms with Crippen molar-refractivity contribution >= 4 is 29.0 Å². The van der Waals surface area contributed by atoms with Crippen molar-refractivity contribution in [3.8, 4) is 11.4 Å². The molecule has 4 aromatic rings. The van der Waals surface area contributed by atoms with Gasteiger partial charge in [0.15, 0.2) is 5.82 Å². The van der Waals surface area contributed by atoms with Gasteiger partial charge in [-0.25, -0.2) is 9.66 Å². The Morgan fingerprint density at radius 3 is 2.71 bits per heavy atom. The maximum Gasteiger partial charge on any atom is 0.210 e. The van der Waals surface area contributed by atoms with Crippen molar-refractivity contribution in [2.24, 2.45) is 0 Å². The molecule has 1 aromatic carbocycles. The first-order valence-electron chi connectivity index (χ1n) is 7.22. The molecule has 4 rings (SSSR count). The zero-order valence-corrected chi connectivity index (χ0v) is 14.1. The maximum atomic E-state index is 6.12. The van der Waals surface area contributed by atoms with Crippen LogP contribution in [-0.2, 0) is 5.75 Å². The highest BCUT2D eigenvalue weighted by Crippen LogP contribution is 2.25. The zero-order valence-electron chi connectivity index (χ0n) is 12.5. The van der Waals surface area contributed by atoms with Crippen LogP contribution in [0.4, 0.5) is 0 Å². The number of benzene rings is 1. The number of halogens is 1. The normalized spacial score (nSPS) is 11.2. The predicted octanol–water partition coefficient (Wildman–Crippen LogP) is 3.25. The second-order valence-electron chi connectivity index (χ2n) is 5.17. The number of rotatable bonds is 4. The quantitative estimate of drug-likeness (QED) is 0.449. The molecule has 0 aliphatic carbocycles. The largest absolute Gasteiger partial charge is 0.335 e. The smallest absolute Gasteiger partial charge is 0.210 e. The van der Waals surface area contributed by atoms with Gasteiger partial charge in [0.2, 0.25) is 5.16 Å². The summed E-state index contributed by atoms with van der Waals surface area (Å²) >= 11 is 7.40. The van der Waals surface area contributed by atoms with Crippen LogP contribution in [0.25, 0.3) is 17.0 Å². The lowest BCUT2D eigenvalue weighted by Crippen LogP contribution is -2.11. The van der Waals surface area contributed by atoms with Crippen molar-refractivity contribution in [1.82, 2.24) is 24.3 Å². The van der Waals surface area contributed by atoms with Crippen LogP contribution in [0.1, 0.15) is 5.69 Å². The number of nitrogen functional groups attached to an aromatic ring is 1. The molecule has 0 aliphatic heterocycles. The van der Waals surface area contributed by atoms with E-state index in [0.717, 1.165) is 16.9 Å². The van der Waals surface area contributed by atoms with Crippen molar-refractivity contribution in [3.05, 3.63) is 65.6 Å².